The lowest BCUT2D eigenvalue weighted by Gasteiger charge is -2.03. The number of rotatable bonds is 4. The lowest BCUT2D eigenvalue weighted by atomic mass is 10.2. The number of H-pyrrole nitrogens is 1. The number of hydrogen-bond donors (Lipinski definition) is 2. The number of aromatic amines is 1. The van der Waals surface area contributed by atoms with E-state index in [-0.39, 0.29) is 0 Å². The Bertz CT molecular complexity index is 788. The summed E-state index contributed by atoms with van der Waals surface area (Å²) in [5, 5.41) is 0.847. The van der Waals surface area contributed by atoms with Gasteiger partial charge in [0.2, 0.25) is 0 Å². The molecule has 3 aromatic rings. The van der Waals surface area contributed by atoms with E-state index in [1.54, 1.807) is 18.9 Å². The van der Waals surface area contributed by atoms with E-state index in [1.807, 2.05) is 24.3 Å². The van der Waals surface area contributed by atoms with Gasteiger partial charge in [-0.15, -0.1) is 0 Å². The summed E-state index contributed by atoms with van der Waals surface area (Å²) < 4.78 is 6.24. The van der Waals surface area contributed by atoms with E-state index >= 15 is 0 Å². The van der Waals surface area contributed by atoms with Crippen LogP contribution in [0.3, 0.4) is 0 Å². The Kier molecular flexibility index (Phi) is 4.19. The van der Waals surface area contributed by atoms with Gasteiger partial charge in [-0.1, -0.05) is 27.7 Å². The fourth-order valence-electron chi connectivity index (χ4n) is 2.05. The maximum atomic E-state index is 5.71. The topological polar surface area (TPSA) is 63.9 Å². The summed E-state index contributed by atoms with van der Waals surface area (Å²) in [5.41, 5.74) is 8.68. The van der Waals surface area contributed by atoms with Gasteiger partial charge in [0.1, 0.15) is 5.75 Å². The van der Waals surface area contributed by atoms with E-state index in [9.17, 15) is 0 Å². The summed E-state index contributed by atoms with van der Waals surface area (Å²) in [6.07, 6.45) is 0. The van der Waals surface area contributed by atoms with E-state index in [1.165, 1.54) is 0 Å². The second-order valence-corrected chi connectivity index (χ2v) is 6.50. The summed E-state index contributed by atoms with van der Waals surface area (Å²) in [6, 6.07) is 11.9. The molecule has 4 nitrogen and oxygen atoms in total. The molecular weight excluding hydrogens is 350 g/mol. The summed E-state index contributed by atoms with van der Waals surface area (Å²) in [6.45, 7) is 0.518. The fourth-order valence-corrected chi connectivity index (χ4v) is 3.67. The molecule has 0 unspecified atom stereocenters. The second-order valence-electron chi connectivity index (χ2n) is 4.53. The molecule has 0 saturated heterocycles. The normalized spacial score (nSPS) is 11.0. The van der Waals surface area contributed by atoms with Crippen molar-refractivity contribution in [3.05, 3.63) is 46.4 Å². The highest BCUT2D eigenvalue weighted by atomic mass is 79.9. The largest absolute Gasteiger partial charge is 0.497 e. The molecule has 108 valence electrons. The molecule has 0 aliphatic heterocycles. The molecule has 0 bridgehead atoms. The van der Waals surface area contributed by atoms with Gasteiger partial charge in [0.15, 0.2) is 5.16 Å². The quantitative estimate of drug-likeness (QED) is 0.736. The van der Waals surface area contributed by atoms with Crippen LogP contribution in [0.5, 0.6) is 5.75 Å². The molecule has 1 aromatic heterocycles. The van der Waals surface area contributed by atoms with Crippen LogP contribution in [-0.4, -0.2) is 17.1 Å². The third kappa shape index (κ3) is 3.23. The van der Waals surface area contributed by atoms with Crippen molar-refractivity contribution in [1.82, 2.24) is 9.97 Å². The number of nitrogens with two attached hydrogens (primary N) is 1. The molecule has 0 fully saturated rings. The minimum Gasteiger partial charge on any atom is -0.497 e. The molecule has 6 heteroatoms. The number of nitrogens with zero attached hydrogens (tertiary/aromatic N) is 1. The van der Waals surface area contributed by atoms with Gasteiger partial charge in [-0.05, 0) is 35.9 Å². The van der Waals surface area contributed by atoms with Crippen LogP contribution in [0, 0.1) is 0 Å². The first-order valence-electron chi connectivity index (χ1n) is 6.39. The van der Waals surface area contributed by atoms with Crippen LogP contribution in [0.15, 0.2) is 50.9 Å². The van der Waals surface area contributed by atoms with Crippen LogP contribution < -0.4 is 10.5 Å². The van der Waals surface area contributed by atoms with Crippen LogP contribution in [0.25, 0.3) is 11.0 Å². The third-order valence-electron chi connectivity index (χ3n) is 3.05. The van der Waals surface area contributed by atoms with Crippen LogP contribution in [0.2, 0.25) is 0 Å². The van der Waals surface area contributed by atoms with Gasteiger partial charge in [-0.3, -0.25) is 0 Å². The number of aromatic nitrogens is 2. The first-order valence-corrected chi connectivity index (χ1v) is 8.00. The number of halogens is 1. The molecule has 3 rings (SSSR count). The zero-order valence-electron chi connectivity index (χ0n) is 11.4. The molecule has 2 aromatic carbocycles. The van der Waals surface area contributed by atoms with Crippen LogP contribution >= 0.6 is 27.7 Å². The lowest BCUT2D eigenvalue weighted by molar-refractivity contribution is 0.415. The summed E-state index contributed by atoms with van der Waals surface area (Å²) in [7, 11) is 1.66. The molecule has 21 heavy (non-hydrogen) atoms. The van der Waals surface area contributed by atoms with Gasteiger partial charge in [0.05, 0.1) is 18.1 Å². The highest BCUT2D eigenvalue weighted by Crippen LogP contribution is 2.31. The van der Waals surface area contributed by atoms with Crippen molar-refractivity contribution in [2.45, 2.75) is 16.6 Å². The lowest BCUT2D eigenvalue weighted by Crippen LogP contribution is -1.96. The van der Waals surface area contributed by atoms with E-state index in [0.29, 0.717) is 6.54 Å². The molecule has 0 aliphatic carbocycles. The third-order valence-corrected chi connectivity index (χ3v) is 4.36. The highest BCUT2D eigenvalue weighted by Gasteiger charge is 2.07. The number of fused-ring (bicyclic) bond motifs is 1. The summed E-state index contributed by atoms with van der Waals surface area (Å²) >= 11 is 5.08. The molecule has 0 radical (unpaired) electrons. The van der Waals surface area contributed by atoms with Crippen molar-refractivity contribution < 1.29 is 4.74 Å². The Morgan fingerprint density at radius 2 is 2.14 bits per heavy atom. The first kappa shape index (κ1) is 14.4. The Morgan fingerprint density at radius 3 is 2.90 bits per heavy atom. The minimum atomic E-state index is 0.518. The maximum absolute atomic E-state index is 5.71. The van der Waals surface area contributed by atoms with E-state index < -0.39 is 0 Å². The number of hydrogen-bond acceptors (Lipinski definition) is 4. The van der Waals surface area contributed by atoms with Crippen LogP contribution in [-0.2, 0) is 6.54 Å². The first-order chi connectivity index (χ1) is 10.2. The predicted molar refractivity (Wildman–Crippen MR) is 88.8 cm³/mol. The number of methoxy groups -OCH3 is 1. The Hall–Kier alpha value is -1.50. The summed E-state index contributed by atoms with van der Waals surface area (Å²) in [5.74, 6) is 0.815. The molecule has 0 saturated carbocycles. The van der Waals surface area contributed by atoms with Gasteiger partial charge >= 0.3 is 0 Å². The smallest absolute Gasteiger partial charge is 0.171 e. The van der Waals surface area contributed by atoms with Crippen molar-refractivity contribution in [3.63, 3.8) is 0 Å². The van der Waals surface area contributed by atoms with Gasteiger partial charge in [0, 0.05) is 22.0 Å². The summed E-state index contributed by atoms with van der Waals surface area (Å²) in [4.78, 5) is 8.97. The number of benzene rings is 2. The minimum absolute atomic E-state index is 0.518. The second kappa shape index (κ2) is 6.09. The van der Waals surface area contributed by atoms with Crippen molar-refractivity contribution in [2.24, 2.45) is 5.73 Å². The number of ether oxygens (including phenoxy) is 1. The molecule has 0 amide bonds. The van der Waals surface area contributed by atoms with E-state index in [2.05, 4.69) is 38.0 Å². The zero-order valence-corrected chi connectivity index (χ0v) is 13.8. The van der Waals surface area contributed by atoms with Crippen molar-refractivity contribution in [2.75, 3.05) is 7.11 Å². The average Bonchev–Trinajstić information content (AvgIpc) is 2.87. The standard InChI is InChI=1S/C15H14BrN3OS/c1-20-11-2-3-13-14(7-11)19-15(18-13)21-12-5-9(8-17)4-10(16)6-12/h2-7H,8,17H2,1H3,(H,18,19). The molecule has 0 aliphatic rings. The number of imidazole rings is 1. The molecule has 1 heterocycles. The van der Waals surface area contributed by atoms with Crippen LogP contribution in [0.1, 0.15) is 5.56 Å². The molecule has 3 N–H and O–H groups in total. The van der Waals surface area contributed by atoms with Gasteiger partial charge in [-0.25, -0.2) is 4.98 Å². The van der Waals surface area contributed by atoms with Crippen molar-refractivity contribution in [1.29, 1.82) is 0 Å². The Balaban J connectivity index is 1.92. The van der Waals surface area contributed by atoms with Crippen molar-refractivity contribution in [3.8, 4) is 5.75 Å². The van der Waals surface area contributed by atoms with E-state index in [4.69, 9.17) is 10.5 Å². The Labute approximate surface area is 135 Å². The maximum Gasteiger partial charge on any atom is 0.171 e. The monoisotopic (exact) mass is 363 g/mol. The fraction of sp³-hybridized carbons (Fsp3) is 0.133. The molecule has 0 spiro atoms. The Morgan fingerprint density at radius 1 is 1.29 bits per heavy atom. The van der Waals surface area contributed by atoms with Gasteiger partial charge < -0.3 is 15.5 Å². The highest BCUT2D eigenvalue weighted by molar-refractivity contribution is 9.10. The zero-order chi connectivity index (χ0) is 14.8. The van der Waals surface area contributed by atoms with E-state index in [0.717, 1.165) is 36.9 Å². The average molecular weight is 364 g/mol. The van der Waals surface area contributed by atoms with Gasteiger partial charge in [0.25, 0.3) is 0 Å². The molecule has 0 atom stereocenters. The van der Waals surface area contributed by atoms with Crippen LogP contribution in [0.4, 0.5) is 0 Å². The SMILES string of the molecule is COc1ccc2nc(Sc3cc(Br)cc(CN)c3)[nH]c2c1. The number of nitrogens with one attached hydrogen (secondary N) is 1. The van der Waals surface area contributed by atoms with Crippen molar-refractivity contribution >= 4 is 38.7 Å². The van der Waals surface area contributed by atoms with Gasteiger partial charge in [-0.2, -0.15) is 0 Å². The molecular formula is C15H14BrN3OS. The predicted octanol–water partition coefficient (Wildman–Crippen LogP) is 3.94.